The number of rotatable bonds is 4. The molecular formula is C36H41F3N2O. The van der Waals surface area contributed by atoms with Crippen LogP contribution in [0.25, 0.3) is 0 Å². The number of phenols is 1. The molecule has 2 atom stereocenters. The zero-order valence-electron chi connectivity index (χ0n) is 25.5. The Morgan fingerprint density at radius 3 is 1.67 bits per heavy atom. The number of aromatic hydroxyl groups is 1. The van der Waals surface area contributed by atoms with Gasteiger partial charge in [0.2, 0.25) is 0 Å². The van der Waals surface area contributed by atoms with Crippen molar-refractivity contribution in [1.29, 1.82) is 5.26 Å². The van der Waals surface area contributed by atoms with Crippen molar-refractivity contribution in [2.75, 3.05) is 18.0 Å². The molecule has 3 aromatic rings. The summed E-state index contributed by atoms with van der Waals surface area (Å²) in [6.07, 6.45) is -0.376. The summed E-state index contributed by atoms with van der Waals surface area (Å²) in [4.78, 5) is 2.48. The van der Waals surface area contributed by atoms with E-state index in [0.717, 1.165) is 73.2 Å². The molecule has 2 heterocycles. The van der Waals surface area contributed by atoms with Gasteiger partial charge in [0.25, 0.3) is 0 Å². The number of anilines is 1. The first kappa shape index (κ1) is 30.0. The van der Waals surface area contributed by atoms with E-state index in [1.165, 1.54) is 28.9 Å². The van der Waals surface area contributed by atoms with Crippen LogP contribution in [0.15, 0.2) is 48.5 Å². The Morgan fingerprint density at radius 2 is 1.24 bits per heavy atom. The van der Waals surface area contributed by atoms with Gasteiger partial charge in [0, 0.05) is 24.7 Å². The molecule has 42 heavy (non-hydrogen) atoms. The third-order valence-corrected chi connectivity index (χ3v) is 8.89. The molecule has 2 unspecified atom stereocenters. The van der Waals surface area contributed by atoms with E-state index in [0.29, 0.717) is 5.56 Å². The summed E-state index contributed by atoms with van der Waals surface area (Å²) in [5.41, 5.74) is 6.46. The van der Waals surface area contributed by atoms with Crippen molar-refractivity contribution in [3.63, 3.8) is 0 Å². The number of nitriles is 1. The van der Waals surface area contributed by atoms with E-state index < -0.39 is 23.6 Å². The van der Waals surface area contributed by atoms with Crippen LogP contribution in [0, 0.1) is 11.3 Å². The molecule has 6 heteroatoms. The monoisotopic (exact) mass is 574 g/mol. The van der Waals surface area contributed by atoms with Crippen LogP contribution in [0.4, 0.5) is 18.9 Å². The highest BCUT2D eigenvalue weighted by Crippen LogP contribution is 2.47. The van der Waals surface area contributed by atoms with Crippen LogP contribution in [0.1, 0.15) is 111 Å². The second kappa shape index (κ2) is 10.7. The van der Waals surface area contributed by atoms with Crippen molar-refractivity contribution < 1.29 is 18.3 Å². The molecule has 2 aliphatic heterocycles. The Labute approximate surface area is 248 Å². The summed E-state index contributed by atoms with van der Waals surface area (Å²) >= 11 is 0. The van der Waals surface area contributed by atoms with Gasteiger partial charge in [0.05, 0.1) is 17.6 Å². The van der Waals surface area contributed by atoms with E-state index in [1.807, 2.05) is 12.1 Å². The molecule has 0 saturated carbocycles. The highest BCUT2D eigenvalue weighted by molar-refractivity contribution is 5.65. The predicted octanol–water partition coefficient (Wildman–Crippen LogP) is 9.14. The Balaban J connectivity index is 1.77. The van der Waals surface area contributed by atoms with E-state index in [-0.39, 0.29) is 16.6 Å². The number of phenolic OH excluding ortho intramolecular Hbond substituents is 1. The van der Waals surface area contributed by atoms with E-state index in [2.05, 4.69) is 64.6 Å². The van der Waals surface area contributed by atoms with Crippen molar-refractivity contribution in [3.8, 4) is 11.8 Å². The molecule has 0 bridgehead atoms. The van der Waals surface area contributed by atoms with E-state index in [1.54, 1.807) is 0 Å². The number of hydrogen-bond donors (Lipinski definition) is 1. The van der Waals surface area contributed by atoms with Crippen LogP contribution >= 0.6 is 0 Å². The van der Waals surface area contributed by atoms with Crippen molar-refractivity contribution in [2.45, 2.75) is 96.1 Å². The lowest BCUT2D eigenvalue weighted by Gasteiger charge is -2.38. The van der Waals surface area contributed by atoms with Crippen LogP contribution in [0.2, 0.25) is 0 Å². The van der Waals surface area contributed by atoms with Gasteiger partial charge < -0.3 is 10.0 Å². The fraction of sp³-hybridized carbons (Fsp3) is 0.472. The van der Waals surface area contributed by atoms with Crippen LogP contribution in [0.5, 0.6) is 5.75 Å². The molecule has 0 spiro atoms. The van der Waals surface area contributed by atoms with Gasteiger partial charge in [-0.2, -0.15) is 18.4 Å². The Morgan fingerprint density at radius 1 is 0.762 bits per heavy atom. The molecule has 0 aromatic heterocycles. The highest BCUT2D eigenvalue weighted by atomic mass is 19.4. The van der Waals surface area contributed by atoms with E-state index in [4.69, 9.17) is 0 Å². The number of alkyl halides is 3. The van der Waals surface area contributed by atoms with Gasteiger partial charge in [0.1, 0.15) is 5.75 Å². The third kappa shape index (κ3) is 5.63. The van der Waals surface area contributed by atoms with Gasteiger partial charge in [-0.05, 0) is 87.6 Å². The normalized spacial score (nSPS) is 16.9. The third-order valence-electron chi connectivity index (χ3n) is 8.89. The van der Waals surface area contributed by atoms with Crippen LogP contribution in [0.3, 0.4) is 0 Å². The lowest BCUT2D eigenvalue weighted by Crippen LogP contribution is -2.34. The second-order valence-electron chi connectivity index (χ2n) is 14.1. The highest BCUT2D eigenvalue weighted by Gasteiger charge is 2.35. The predicted molar refractivity (Wildman–Crippen MR) is 162 cm³/mol. The number of halogens is 3. The summed E-state index contributed by atoms with van der Waals surface area (Å²) < 4.78 is 40.3. The van der Waals surface area contributed by atoms with Gasteiger partial charge in [0.15, 0.2) is 0 Å². The molecule has 0 amide bonds. The average Bonchev–Trinajstić information content (AvgIpc) is 2.90. The maximum atomic E-state index is 13.4. The SMILES string of the molecule is CC(C)(C)c1cc(C(c2cc3c4c(c2)CCCN4CCC3)C(C#N)c2ccc(C(F)(F)F)cc2)cc(C(C)(C)C)c1O. The number of hydrogen-bond acceptors (Lipinski definition) is 3. The van der Waals surface area contributed by atoms with Crippen LogP contribution in [-0.4, -0.2) is 18.2 Å². The zero-order chi connectivity index (χ0) is 30.6. The summed E-state index contributed by atoms with van der Waals surface area (Å²) in [6, 6.07) is 16.0. The summed E-state index contributed by atoms with van der Waals surface area (Å²) in [7, 11) is 0. The summed E-state index contributed by atoms with van der Waals surface area (Å²) in [6.45, 7) is 14.5. The fourth-order valence-corrected chi connectivity index (χ4v) is 6.79. The summed E-state index contributed by atoms with van der Waals surface area (Å²) in [5.74, 6) is -0.906. The van der Waals surface area contributed by atoms with Gasteiger partial charge >= 0.3 is 6.18 Å². The number of aryl methyl sites for hydroxylation is 2. The summed E-state index contributed by atoms with van der Waals surface area (Å²) in [5, 5.41) is 22.2. The zero-order valence-corrected chi connectivity index (χ0v) is 25.5. The number of nitrogens with zero attached hydrogens (tertiary/aromatic N) is 2. The second-order valence-corrected chi connectivity index (χ2v) is 14.1. The first-order chi connectivity index (χ1) is 19.6. The van der Waals surface area contributed by atoms with Gasteiger partial charge in [-0.3, -0.25) is 0 Å². The van der Waals surface area contributed by atoms with Crippen molar-refractivity contribution >= 4 is 5.69 Å². The molecule has 222 valence electrons. The molecular weight excluding hydrogens is 533 g/mol. The van der Waals surface area contributed by atoms with E-state index in [9.17, 15) is 23.5 Å². The standard InChI is InChI=1S/C36H41F3N2O/c1-34(2,3)29-19-26(20-30(33(29)42)35(4,5)6)31(28(21-40)22-11-13-27(14-12-22)36(37,38)39)25-17-23-9-7-15-41-16-8-10-24(18-25)32(23)41/h11-14,17-20,28,31,42H,7-10,15-16H2,1-6H3. The van der Waals surface area contributed by atoms with Crippen molar-refractivity contribution in [3.05, 3.63) is 93.0 Å². The maximum Gasteiger partial charge on any atom is 0.416 e. The molecule has 1 N–H and O–H groups in total. The average molecular weight is 575 g/mol. The molecule has 2 aliphatic rings. The smallest absolute Gasteiger partial charge is 0.416 e. The minimum Gasteiger partial charge on any atom is -0.507 e. The van der Waals surface area contributed by atoms with Gasteiger partial charge in [-0.15, -0.1) is 0 Å². The minimum atomic E-state index is -4.45. The molecule has 0 aliphatic carbocycles. The Hall–Kier alpha value is -3.46. The van der Waals surface area contributed by atoms with Gasteiger partial charge in [-0.25, -0.2) is 0 Å². The lowest BCUT2D eigenvalue weighted by molar-refractivity contribution is -0.137. The number of benzene rings is 3. The molecule has 5 rings (SSSR count). The minimum absolute atomic E-state index is 0.261. The van der Waals surface area contributed by atoms with Crippen molar-refractivity contribution in [2.24, 2.45) is 0 Å². The molecule has 0 saturated heterocycles. The van der Waals surface area contributed by atoms with E-state index >= 15 is 0 Å². The first-order valence-corrected chi connectivity index (χ1v) is 14.9. The molecule has 0 radical (unpaired) electrons. The lowest BCUT2D eigenvalue weighted by atomic mass is 9.72. The topological polar surface area (TPSA) is 47.3 Å². The quantitative estimate of drug-likeness (QED) is 0.338. The van der Waals surface area contributed by atoms with Crippen LogP contribution < -0.4 is 4.90 Å². The first-order valence-electron chi connectivity index (χ1n) is 14.9. The fourth-order valence-electron chi connectivity index (χ4n) is 6.79. The van der Waals surface area contributed by atoms with Crippen molar-refractivity contribution in [1.82, 2.24) is 0 Å². The molecule has 0 fully saturated rings. The Bertz CT molecular complexity index is 1450. The van der Waals surface area contributed by atoms with Crippen LogP contribution in [-0.2, 0) is 29.8 Å². The maximum absolute atomic E-state index is 13.4. The largest absolute Gasteiger partial charge is 0.507 e. The molecule has 3 aromatic carbocycles. The Kier molecular flexibility index (Phi) is 7.62. The molecule has 3 nitrogen and oxygen atoms in total. The van der Waals surface area contributed by atoms with Gasteiger partial charge in [-0.1, -0.05) is 77.9 Å².